The molecule has 0 heterocycles. The minimum absolute atomic E-state index is 0.490. The van der Waals surface area contributed by atoms with E-state index in [1.807, 2.05) is 31.2 Å². The molecule has 0 unspecified atom stereocenters. The molecule has 0 radical (unpaired) electrons. The van der Waals surface area contributed by atoms with E-state index in [4.69, 9.17) is 15.6 Å². The van der Waals surface area contributed by atoms with Gasteiger partial charge in [0.05, 0.1) is 0 Å². The van der Waals surface area contributed by atoms with Crippen LogP contribution in [0.4, 0.5) is 0 Å². The van der Waals surface area contributed by atoms with Crippen LogP contribution in [0.15, 0.2) is 35.6 Å². The highest BCUT2D eigenvalue weighted by Gasteiger charge is 1.97. The molecule has 0 aliphatic heterocycles. The zero-order valence-corrected chi connectivity index (χ0v) is 8.17. The second-order valence-electron chi connectivity index (χ2n) is 2.52. The van der Waals surface area contributed by atoms with Gasteiger partial charge in [-0.15, -0.1) is 0 Å². The summed E-state index contributed by atoms with van der Waals surface area (Å²) in [5.74, 6) is 0.736. The molecule has 1 aromatic carbocycles. The number of hydrogen-bond donors (Lipinski definition) is 2. The van der Waals surface area contributed by atoms with Gasteiger partial charge in [0.25, 0.3) is 0 Å². The smallest absolute Gasteiger partial charge is 0.190 e. The van der Waals surface area contributed by atoms with Crippen molar-refractivity contribution in [1.29, 1.82) is 0 Å². The third-order valence-corrected chi connectivity index (χ3v) is 1.94. The first-order chi connectivity index (χ1) is 6.26. The molecule has 0 aliphatic carbocycles. The van der Waals surface area contributed by atoms with Crippen molar-refractivity contribution in [2.24, 2.45) is 10.9 Å². The normalized spacial score (nSPS) is 11.4. The van der Waals surface area contributed by atoms with Crippen LogP contribution in [-0.2, 0) is 0 Å². The highest BCUT2D eigenvalue weighted by molar-refractivity contribution is 8.00. The van der Waals surface area contributed by atoms with Crippen LogP contribution in [0.5, 0.6) is 5.75 Å². The maximum atomic E-state index is 5.34. The minimum atomic E-state index is 0.490. The van der Waals surface area contributed by atoms with Crippen LogP contribution in [0.2, 0.25) is 0 Å². The summed E-state index contributed by atoms with van der Waals surface area (Å²) in [5.41, 5.74) is 6.46. The Morgan fingerprint density at radius 1 is 1.38 bits per heavy atom. The Balaban J connectivity index is 2.69. The van der Waals surface area contributed by atoms with Gasteiger partial charge in [-0.05, 0) is 31.0 Å². The third kappa shape index (κ3) is 3.01. The summed E-state index contributed by atoms with van der Waals surface area (Å²) in [7, 11) is 0. The highest BCUT2D eigenvalue weighted by Crippen LogP contribution is 2.17. The third-order valence-electron chi connectivity index (χ3n) is 1.49. The summed E-state index contributed by atoms with van der Waals surface area (Å²) in [6.45, 7) is 2.02. The molecule has 0 saturated carbocycles. The first-order valence-corrected chi connectivity index (χ1v) is 4.67. The molecular formula is C9H12N2OS. The van der Waals surface area contributed by atoms with Crippen molar-refractivity contribution in [3.8, 4) is 5.75 Å². The molecule has 4 N–H and O–H groups in total. The van der Waals surface area contributed by atoms with Gasteiger partial charge in [0.1, 0.15) is 5.75 Å². The van der Waals surface area contributed by atoms with Gasteiger partial charge in [-0.2, -0.15) is 0 Å². The van der Waals surface area contributed by atoms with Gasteiger partial charge in [0.2, 0.25) is 0 Å². The van der Waals surface area contributed by atoms with E-state index in [9.17, 15) is 0 Å². The van der Waals surface area contributed by atoms with Crippen molar-refractivity contribution in [1.82, 2.24) is 0 Å². The Kier molecular flexibility index (Phi) is 3.67. The van der Waals surface area contributed by atoms with Gasteiger partial charge in [-0.3, -0.25) is 5.14 Å². The second kappa shape index (κ2) is 4.79. The van der Waals surface area contributed by atoms with Crippen molar-refractivity contribution in [2.75, 3.05) is 0 Å². The number of aryl methyl sites for hydroxylation is 1. The van der Waals surface area contributed by atoms with Gasteiger partial charge >= 0.3 is 0 Å². The molecule has 13 heavy (non-hydrogen) atoms. The lowest BCUT2D eigenvalue weighted by molar-refractivity contribution is 0.464. The molecule has 0 amide bonds. The fourth-order valence-electron chi connectivity index (χ4n) is 0.820. The van der Waals surface area contributed by atoms with Crippen LogP contribution in [0.3, 0.4) is 0 Å². The average Bonchev–Trinajstić information content (AvgIpc) is 2.17. The lowest BCUT2D eigenvalue weighted by atomic mass is 10.2. The molecule has 3 nitrogen and oxygen atoms in total. The average molecular weight is 196 g/mol. The van der Waals surface area contributed by atoms with E-state index in [1.165, 1.54) is 11.8 Å². The van der Waals surface area contributed by atoms with Crippen LogP contribution in [0.1, 0.15) is 5.56 Å². The molecule has 1 rings (SSSR count). The monoisotopic (exact) mass is 196 g/mol. The van der Waals surface area contributed by atoms with E-state index < -0.39 is 0 Å². The van der Waals surface area contributed by atoms with Crippen molar-refractivity contribution in [3.05, 3.63) is 41.1 Å². The van der Waals surface area contributed by atoms with E-state index >= 15 is 0 Å². The van der Waals surface area contributed by atoms with Crippen LogP contribution in [0.25, 0.3) is 0 Å². The molecule has 0 saturated heterocycles. The fraction of sp³-hybridized carbons (Fsp3) is 0.111. The van der Waals surface area contributed by atoms with E-state index in [1.54, 1.807) is 0 Å². The molecule has 0 spiro atoms. The molecule has 70 valence electrons. The van der Waals surface area contributed by atoms with E-state index in [-0.39, 0.29) is 0 Å². The first-order valence-electron chi connectivity index (χ1n) is 3.79. The topological polar surface area (TPSA) is 61.3 Å². The maximum Gasteiger partial charge on any atom is 0.190 e. The first kappa shape index (κ1) is 9.95. The van der Waals surface area contributed by atoms with Crippen molar-refractivity contribution in [2.45, 2.75) is 6.92 Å². The Hall–Kier alpha value is -1.13. The summed E-state index contributed by atoms with van der Waals surface area (Å²) in [6.07, 6.45) is 1.34. The lowest BCUT2D eigenvalue weighted by Crippen LogP contribution is -1.97. The summed E-state index contributed by atoms with van der Waals surface area (Å²) in [5, 5.41) is 5.79. The van der Waals surface area contributed by atoms with E-state index in [0.717, 1.165) is 17.7 Å². The van der Waals surface area contributed by atoms with Crippen LogP contribution in [0, 0.1) is 6.92 Å². The van der Waals surface area contributed by atoms with Crippen LogP contribution < -0.4 is 15.6 Å². The lowest BCUT2D eigenvalue weighted by Gasteiger charge is -2.05. The Labute approximate surface area is 81.9 Å². The minimum Gasteiger partial charge on any atom is -0.448 e. The molecule has 0 aliphatic rings. The van der Waals surface area contributed by atoms with Crippen LogP contribution >= 0.6 is 11.9 Å². The highest BCUT2D eigenvalue weighted by atomic mass is 32.2. The summed E-state index contributed by atoms with van der Waals surface area (Å²) in [4.78, 5) is 0. The van der Waals surface area contributed by atoms with Crippen molar-refractivity contribution >= 4 is 11.9 Å². The second-order valence-corrected chi connectivity index (χ2v) is 3.16. The molecule has 0 aromatic heterocycles. The Morgan fingerprint density at radius 2 is 2.00 bits per heavy atom. The Morgan fingerprint density at radius 3 is 2.46 bits per heavy atom. The predicted octanol–water partition coefficient (Wildman–Crippen LogP) is 1.74. The number of nitrogens with two attached hydrogens (primary N) is 2. The molecule has 0 atom stereocenters. The SMILES string of the molecule is Cc1ccc(O/C(=C/N)SN)cc1. The zero-order chi connectivity index (χ0) is 9.68. The van der Waals surface area contributed by atoms with Gasteiger partial charge in [0, 0.05) is 6.20 Å². The van der Waals surface area contributed by atoms with Gasteiger partial charge in [0.15, 0.2) is 5.09 Å². The molecular weight excluding hydrogens is 184 g/mol. The predicted molar refractivity (Wildman–Crippen MR) is 55.9 cm³/mol. The van der Waals surface area contributed by atoms with Gasteiger partial charge < -0.3 is 10.5 Å². The Bertz CT molecular complexity index is 295. The number of ether oxygens (including phenoxy) is 1. The number of hydrogen-bond acceptors (Lipinski definition) is 4. The van der Waals surface area contributed by atoms with Crippen molar-refractivity contribution < 1.29 is 4.74 Å². The number of rotatable bonds is 3. The van der Waals surface area contributed by atoms with Gasteiger partial charge in [-0.1, -0.05) is 17.7 Å². The largest absolute Gasteiger partial charge is 0.448 e. The number of benzene rings is 1. The summed E-state index contributed by atoms with van der Waals surface area (Å²) in [6, 6.07) is 7.67. The molecule has 0 bridgehead atoms. The molecule has 1 aromatic rings. The maximum absolute atomic E-state index is 5.34. The van der Waals surface area contributed by atoms with E-state index in [0.29, 0.717) is 5.09 Å². The molecule has 0 fully saturated rings. The van der Waals surface area contributed by atoms with Crippen LogP contribution in [-0.4, -0.2) is 0 Å². The standard InChI is InChI=1S/C9H12N2OS/c1-7-2-4-8(5-3-7)12-9(6-10)13-11/h2-6H,10-11H2,1H3/b9-6-. The fourth-order valence-corrected chi connectivity index (χ4v) is 1.04. The quantitative estimate of drug-likeness (QED) is 0.571. The zero-order valence-electron chi connectivity index (χ0n) is 7.36. The van der Waals surface area contributed by atoms with E-state index in [2.05, 4.69) is 0 Å². The van der Waals surface area contributed by atoms with Gasteiger partial charge in [-0.25, -0.2) is 0 Å². The summed E-state index contributed by atoms with van der Waals surface area (Å²) >= 11 is 0.983. The molecule has 4 heteroatoms. The van der Waals surface area contributed by atoms with Crippen molar-refractivity contribution in [3.63, 3.8) is 0 Å². The summed E-state index contributed by atoms with van der Waals surface area (Å²) < 4.78 is 5.34.